The molecule has 4 rings (SSSR count). The molecule has 6 nitrogen and oxygen atoms in total. The van der Waals surface area contributed by atoms with Crippen LogP contribution < -0.4 is 11.5 Å². The van der Waals surface area contributed by atoms with Crippen molar-refractivity contribution >= 4 is 17.0 Å². The number of nitrogens with two attached hydrogens (primary N) is 2. The van der Waals surface area contributed by atoms with Crippen LogP contribution in [0.25, 0.3) is 33.8 Å². The Hall–Kier alpha value is -3.25. The predicted octanol–water partition coefficient (Wildman–Crippen LogP) is 2.99. The van der Waals surface area contributed by atoms with Gasteiger partial charge in [0.25, 0.3) is 0 Å². The lowest BCUT2D eigenvalue weighted by Crippen LogP contribution is -1.96. The number of aromatic nitrogens is 3. The average molecular weight is 317 g/mol. The summed E-state index contributed by atoms with van der Waals surface area (Å²) in [6.07, 6.45) is 3.41. The van der Waals surface area contributed by atoms with Gasteiger partial charge in [0.1, 0.15) is 5.82 Å². The third kappa shape index (κ3) is 2.49. The smallest absolute Gasteiger partial charge is 0.232 e. The Morgan fingerprint density at radius 3 is 2.58 bits per heavy atom. The maximum Gasteiger partial charge on any atom is 0.232 e. The van der Waals surface area contributed by atoms with Crippen molar-refractivity contribution in [3.8, 4) is 22.6 Å². The number of hydrogen-bond donors (Lipinski definition) is 2. The van der Waals surface area contributed by atoms with Crippen molar-refractivity contribution in [3.05, 3.63) is 60.4 Å². The van der Waals surface area contributed by atoms with Crippen LogP contribution in [0.15, 0.2) is 59.3 Å². The first-order chi connectivity index (χ1) is 11.7. The lowest BCUT2D eigenvalue weighted by atomic mass is 10.0. The van der Waals surface area contributed by atoms with Gasteiger partial charge in [-0.05, 0) is 29.3 Å². The molecule has 0 spiro atoms. The zero-order valence-electron chi connectivity index (χ0n) is 12.8. The fourth-order valence-electron chi connectivity index (χ4n) is 2.52. The fraction of sp³-hybridized carbons (Fsp3) is 0.0556. The van der Waals surface area contributed by atoms with Gasteiger partial charge in [-0.1, -0.05) is 24.3 Å². The summed E-state index contributed by atoms with van der Waals surface area (Å²) < 4.78 is 5.75. The Balaban J connectivity index is 1.80. The van der Waals surface area contributed by atoms with Gasteiger partial charge >= 0.3 is 0 Å². The van der Waals surface area contributed by atoms with E-state index in [1.807, 2.05) is 36.4 Å². The van der Waals surface area contributed by atoms with Crippen molar-refractivity contribution in [1.29, 1.82) is 0 Å². The van der Waals surface area contributed by atoms with Gasteiger partial charge in [0, 0.05) is 24.5 Å². The summed E-state index contributed by atoms with van der Waals surface area (Å²) in [6.45, 7) is 0.515. The van der Waals surface area contributed by atoms with E-state index in [4.69, 9.17) is 15.9 Å². The molecule has 3 aromatic heterocycles. The summed E-state index contributed by atoms with van der Waals surface area (Å²) in [7, 11) is 0. The molecule has 0 aliphatic heterocycles. The molecule has 1 aromatic carbocycles. The van der Waals surface area contributed by atoms with E-state index in [1.54, 1.807) is 18.5 Å². The second-order valence-electron chi connectivity index (χ2n) is 5.40. The van der Waals surface area contributed by atoms with Crippen LogP contribution >= 0.6 is 0 Å². The summed E-state index contributed by atoms with van der Waals surface area (Å²) in [5.74, 6) is 0.776. The van der Waals surface area contributed by atoms with Crippen LogP contribution in [0.3, 0.4) is 0 Å². The van der Waals surface area contributed by atoms with Crippen molar-refractivity contribution in [2.75, 3.05) is 5.73 Å². The molecular weight excluding hydrogens is 302 g/mol. The molecule has 0 bridgehead atoms. The van der Waals surface area contributed by atoms with E-state index in [0.29, 0.717) is 35.0 Å². The molecule has 0 amide bonds. The Morgan fingerprint density at radius 2 is 1.83 bits per heavy atom. The van der Waals surface area contributed by atoms with E-state index in [9.17, 15) is 0 Å². The number of oxazole rings is 1. The first kappa shape index (κ1) is 14.3. The molecule has 0 fully saturated rings. The maximum absolute atomic E-state index is 6.02. The van der Waals surface area contributed by atoms with Crippen molar-refractivity contribution in [3.63, 3.8) is 0 Å². The number of benzene rings is 1. The molecule has 0 radical (unpaired) electrons. The van der Waals surface area contributed by atoms with Crippen molar-refractivity contribution < 1.29 is 4.42 Å². The number of fused-ring (bicyclic) bond motifs is 1. The molecule has 0 saturated heterocycles. The van der Waals surface area contributed by atoms with Gasteiger partial charge in [0.2, 0.25) is 5.89 Å². The first-order valence-corrected chi connectivity index (χ1v) is 7.51. The summed E-state index contributed by atoms with van der Waals surface area (Å²) in [4.78, 5) is 12.8. The Morgan fingerprint density at radius 1 is 1.00 bits per heavy atom. The molecule has 0 aliphatic carbocycles. The van der Waals surface area contributed by atoms with E-state index < -0.39 is 0 Å². The van der Waals surface area contributed by atoms with Gasteiger partial charge < -0.3 is 15.9 Å². The lowest BCUT2D eigenvalue weighted by molar-refractivity contribution is 0.619. The predicted molar refractivity (Wildman–Crippen MR) is 92.8 cm³/mol. The molecule has 0 atom stereocenters. The number of hydrogen-bond acceptors (Lipinski definition) is 6. The van der Waals surface area contributed by atoms with Crippen LogP contribution in [0.2, 0.25) is 0 Å². The first-order valence-electron chi connectivity index (χ1n) is 7.51. The highest BCUT2D eigenvalue weighted by molar-refractivity contribution is 5.79. The number of nitrogens with zero attached hydrogens (tertiary/aromatic N) is 3. The van der Waals surface area contributed by atoms with Gasteiger partial charge in [0.05, 0.1) is 5.56 Å². The maximum atomic E-state index is 6.02. The van der Waals surface area contributed by atoms with Crippen LogP contribution in [0, 0.1) is 0 Å². The van der Waals surface area contributed by atoms with Crippen LogP contribution in [0.1, 0.15) is 5.56 Å². The second kappa shape index (κ2) is 5.75. The summed E-state index contributed by atoms with van der Waals surface area (Å²) in [5, 5.41) is 0. The zero-order chi connectivity index (χ0) is 16.5. The molecule has 0 aliphatic rings. The van der Waals surface area contributed by atoms with Crippen LogP contribution in [0.5, 0.6) is 0 Å². The monoisotopic (exact) mass is 317 g/mol. The molecule has 0 saturated carbocycles. The largest absolute Gasteiger partial charge is 0.434 e. The van der Waals surface area contributed by atoms with E-state index in [-0.39, 0.29) is 0 Å². The van der Waals surface area contributed by atoms with Crippen LogP contribution in [-0.2, 0) is 6.54 Å². The molecular formula is C18H15N5O. The molecule has 118 valence electrons. The van der Waals surface area contributed by atoms with Crippen molar-refractivity contribution in [1.82, 2.24) is 15.0 Å². The van der Waals surface area contributed by atoms with Crippen LogP contribution in [-0.4, -0.2) is 15.0 Å². The quantitative estimate of drug-likeness (QED) is 0.602. The molecule has 0 unspecified atom stereocenters. The highest BCUT2D eigenvalue weighted by Gasteiger charge is 2.14. The minimum Gasteiger partial charge on any atom is -0.434 e. The standard InChI is InChI=1S/C18H15N5O/c19-9-11-3-5-12(6-4-11)13-8-14(16(20)22-10-13)18-23-17-15(24-18)2-1-7-21-17/h1-8,10H,9,19H2,(H2,20,22). The second-order valence-corrected chi connectivity index (χ2v) is 5.40. The minimum absolute atomic E-state index is 0.365. The van der Waals surface area contributed by atoms with Crippen molar-refractivity contribution in [2.24, 2.45) is 5.73 Å². The summed E-state index contributed by atoms with van der Waals surface area (Å²) in [6, 6.07) is 13.5. The Bertz CT molecular complexity index is 975. The number of pyridine rings is 2. The summed E-state index contributed by atoms with van der Waals surface area (Å²) in [5.41, 5.74) is 16.5. The molecule has 24 heavy (non-hydrogen) atoms. The van der Waals surface area contributed by atoms with Gasteiger partial charge in [0.15, 0.2) is 11.2 Å². The topological polar surface area (TPSA) is 104 Å². The molecule has 4 aromatic rings. The van der Waals surface area contributed by atoms with E-state index in [1.165, 1.54) is 0 Å². The third-order valence-electron chi connectivity index (χ3n) is 3.84. The average Bonchev–Trinajstić information content (AvgIpc) is 3.06. The van der Waals surface area contributed by atoms with Gasteiger partial charge in [-0.15, -0.1) is 0 Å². The lowest BCUT2D eigenvalue weighted by Gasteiger charge is -2.06. The van der Waals surface area contributed by atoms with Gasteiger partial charge in [-0.3, -0.25) is 0 Å². The van der Waals surface area contributed by atoms with Crippen molar-refractivity contribution in [2.45, 2.75) is 6.54 Å². The number of anilines is 1. The molecule has 3 heterocycles. The highest BCUT2D eigenvalue weighted by Crippen LogP contribution is 2.30. The molecule has 6 heteroatoms. The highest BCUT2D eigenvalue weighted by atomic mass is 16.3. The Labute approximate surface area is 138 Å². The number of rotatable bonds is 3. The van der Waals surface area contributed by atoms with E-state index in [2.05, 4.69) is 15.0 Å². The zero-order valence-corrected chi connectivity index (χ0v) is 12.8. The normalized spacial score (nSPS) is 11.0. The number of nitrogen functional groups attached to an aromatic ring is 1. The van der Waals surface area contributed by atoms with Crippen LogP contribution in [0.4, 0.5) is 5.82 Å². The molecule has 4 N–H and O–H groups in total. The van der Waals surface area contributed by atoms with E-state index in [0.717, 1.165) is 16.7 Å². The summed E-state index contributed by atoms with van der Waals surface area (Å²) >= 11 is 0. The fourth-order valence-corrected chi connectivity index (χ4v) is 2.52. The third-order valence-corrected chi connectivity index (χ3v) is 3.84. The van der Waals surface area contributed by atoms with Gasteiger partial charge in [-0.25, -0.2) is 9.97 Å². The van der Waals surface area contributed by atoms with Gasteiger partial charge in [-0.2, -0.15) is 4.98 Å². The Kier molecular flexibility index (Phi) is 3.44. The SMILES string of the molecule is NCc1ccc(-c2cnc(N)c(-c3nc4ncccc4o3)c2)cc1. The van der Waals surface area contributed by atoms with E-state index >= 15 is 0 Å². The minimum atomic E-state index is 0.365.